The summed E-state index contributed by atoms with van der Waals surface area (Å²) in [6.45, 7) is 2.96. The summed E-state index contributed by atoms with van der Waals surface area (Å²) in [6.07, 6.45) is 4.68. The summed E-state index contributed by atoms with van der Waals surface area (Å²) >= 11 is 1.91. The van der Waals surface area contributed by atoms with Gasteiger partial charge in [-0.25, -0.2) is 0 Å². The quantitative estimate of drug-likeness (QED) is 0.621. The summed E-state index contributed by atoms with van der Waals surface area (Å²) in [4.78, 5) is 4.24. The molecule has 1 aliphatic rings. The second-order valence-electron chi connectivity index (χ2n) is 2.78. The standard InChI is InChI=1S/C8H17N3S/c1-12-7-3-2-4-9-8-10-5-6-11-8/h2-7H2,1H3,(H2,9,10,11). The predicted octanol–water partition coefficient (Wildman–Crippen LogP) is 0.678. The van der Waals surface area contributed by atoms with E-state index >= 15 is 0 Å². The fraction of sp³-hybridized carbons (Fsp3) is 0.875. The van der Waals surface area contributed by atoms with Crippen LogP contribution < -0.4 is 10.6 Å². The number of nitrogens with zero attached hydrogens (tertiary/aromatic N) is 1. The molecule has 0 aromatic heterocycles. The van der Waals surface area contributed by atoms with Gasteiger partial charge in [0.15, 0.2) is 5.96 Å². The van der Waals surface area contributed by atoms with Crippen molar-refractivity contribution in [3.63, 3.8) is 0 Å². The van der Waals surface area contributed by atoms with Gasteiger partial charge >= 0.3 is 0 Å². The fourth-order valence-electron chi connectivity index (χ4n) is 1.09. The SMILES string of the molecule is CSCCCCNC1=NCCN1. The highest BCUT2D eigenvalue weighted by molar-refractivity contribution is 7.98. The predicted molar refractivity (Wildman–Crippen MR) is 55.9 cm³/mol. The third-order valence-corrected chi connectivity index (χ3v) is 2.44. The molecule has 0 fully saturated rings. The Morgan fingerprint density at radius 1 is 1.58 bits per heavy atom. The molecule has 2 N–H and O–H groups in total. The lowest BCUT2D eigenvalue weighted by molar-refractivity contribution is 0.749. The van der Waals surface area contributed by atoms with E-state index in [-0.39, 0.29) is 0 Å². The van der Waals surface area contributed by atoms with E-state index in [1.807, 2.05) is 11.8 Å². The topological polar surface area (TPSA) is 36.4 Å². The molecule has 0 aromatic carbocycles. The van der Waals surface area contributed by atoms with Crippen LogP contribution in [-0.4, -0.2) is 37.6 Å². The van der Waals surface area contributed by atoms with Crippen LogP contribution >= 0.6 is 11.8 Å². The third-order valence-electron chi connectivity index (χ3n) is 1.74. The number of unbranched alkanes of at least 4 members (excludes halogenated alkanes) is 1. The van der Waals surface area contributed by atoms with Gasteiger partial charge in [-0.1, -0.05) is 0 Å². The number of nitrogens with one attached hydrogen (secondary N) is 2. The smallest absolute Gasteiger partial charge is 0.191 e. The minimum absolute atomic E-state index is 0.924. The van der Waals surface area contributed by atoms with E-state index in [2.05, 4.69) is 21.9 Å². The maximum atomic E-state index is 4.24. The lowest BCUT2D eigenvalue weighted by Gasteiger charge is -2.05. The fourth-order valence-corrected chi connectivity index (χ4v) is 1.59. The Balaban J connectivity index is 1.88. The summed E-state index contributed by atoms with van der Waals surface area (Å²) < 4.78 is 0. The molecule has 70 valence electrons. The molecule has 0 saturated carbocycles. The van der Waals surface area contributed by atoms with Gasteiger partial charge in [-0.15, -0.1) is 0 Å². The van der Waals surface area contributed by atoms with Crippen molar-refractivity contribution < 1.29 is 0 Å². The molecule has 0 spiro atoms. The van der Waals surface area contributed by atoms with Gasteiger partial charge in [0.25, 0.3) is 0 Å². The van der Waals surface area contributed by atoms with E-state index in [0.29, 0.717) is 0 Å². The van der Waals surface area contributed by atoms with Gasteiger partial charge in [0.1, 0.15) is 0 Å². The van der Waals surface area contributed by atoms with E-state index in [4.69, 9.17) is 0 Å². The molecule has 1 rings (SSSR count). The molecule has 0 aliphatic carbocycles. The highest BCUT2D eigenvalue weighted by Crippen LogP contribution is 1.97. The van der Waals surface area contributed by atoms with Crippen molar-refractivity contribution in [1.82, 2.24) is 10.6 Å². The Morgan fingerprint density at radius 2 is 2.50 bits per heavy atom. The minimum Gasteiger partial charge on any atom is -0.356 e. The van der Waals surface area contributed by atoms with Crippen LogP contribution in [0.5, 0.6) is 0 Å². The van der Waals surface area contributed by atoms with E-state index < -0.39 is 0 Å². The number of thioether (sulfide) groups is 1. The van der Waals surface area contributed by atoms with Gasteiger partial charge in [0.05, 0.1) is 6.54 Å². The van der Waals surface area contributed by atoms with Crippen molar-refractivity contribution in [3.8, 4) is 0 Å². The van der Waals surface area contributed by atoms with E-state index in [1.54, 1.807) is 0 Å². The maximum Gasteiger partial charge on any atom is 0.191 e. The van der Waals surface area contributed by atoms with Crippen molar-refractivity contribution >= 4 is 17.7 Å². The molecule has 0 atom stereocenters. The van der Waals surface area contributed by atoms with E-state index in [9.17, 15) is 0 Å². The largest absolute Gasteiger partial charge is 0.356 e. The molecular formula is C8H17N3S. The normalized spacial score (nSPS) is 15.6. The number of hydrogen-bond acceptors (Lipinski definition) is 4. The molecule has 4 heteroatoms. The van der Waals surface area contributed by atoms with Gasteiger partial charge in [0, 0.05) is 13.1 Å². The molecule has 12 heavy (non-hydrogen) atoms. The zero-order valence-electron chi connectivity index (χ0n) is 7.60. The second-order valence-corrected chi connectivity index (χ2v) is 3.77. The average molecular weight is 187 g/mol. The first-order valence-electron chi connectivity index (χ1n) is 4.44. The Kier molecular flexibility index (Phi) is 4.99. The van der Waals surface area contributed by atoms with E-state index in [0.717, 1.165) is 25.6 Å². The van der Waals surface area contributed by atoms with Gasteiger partial charge in [-0.05, 0) is 24.9 Å². The van der Waals surface area contributed by atoms with Crippen LogP contribution in [0, 0.1) is 0 Å². The number of aliphatic imine (C=N–C) groups is 1. The highest BCUT2D eigenvalue weighted by atomic mass is 32.2. The lowest BCUT2D eigenvalue weighted by atomic mass is 10.3. The van der Waals surface area contributed by atoms with Crippen molar-refractivity contribution in [2.45, 2.75) is 12.8 Å². The molecule has 0 bridgehead atoms. The van der Waals surface area contributed by atoms with Crippen molar-refractivity contribution in [2.75, 3.05) is 31.6 Å². The molecule has 1 heterocycles. The lowest BCUT2D eigenvalue weighted by Crippen LogP contribution is -2.34. The summed E-state index contributed by atoms with van der Waals surface area (Å²) in [6, 6.07) is 0. The van der Waals surface area contributed by atoms with Crippen molar-refractivity contribution in [2.24, 2.45) is 4.99 Å². The highest BCUT2D eigenvalue weighted by Gasteiger charge is 2.01. The molecule has 0 amide bonds. The summed E-state index contributed by atoms with van der Waals surface area (Å²) in [7, 11) is 0. The summed E-state index contributed by atoms with van der Waals surface area (Å²) in [5, 5.41) is 6.45. The summed E-state index contributed by atoms with van der Waals surface area (Å²) in [5.41, 5.74) is 0. The number of hydrogen-bond donors (Lipinski definition) is 2. The first kappa shape index (κ1) is 9.71. The number of rotatable bonds is 5. The zero-order chi connectivity index (χ0) is 8.65. The monoisotopic (exact) mass is 187 g/mol. The van der Waals surface area contributed by atoms with Crippen LogP contribution in [-0.2, 0) is 0 Å². The molecule has 0 radical (unpaired) electrons. The molecule has 0 aromatic rings. The Morgan fingerprint density at radius 3 is 3.17 bits per heavy atom. The van der Waals surface area contributed by atoms with Gasteiger partial charge in [-0.2, -0.15) is 11.8 Å². The average Bonchev–Trinajstić information content (AvgIpc) is 2.57. The molecule has 3 nitrogen and oxygen atoms in total. The molecular weight excluding hydrogens is 170 g/mol. The van der Waals surface area contributed by atoms with Crippen molar-refractivity contribution in [1.29, 1.82) is 0 Å². The van der Waals surface area contributed by atoms with Gasteiger partial charge in [0.2, 0.25) is 0 Å². The third kappa shape index (κ3) is 3.85. The Hall–Kier alpha value is -0.380. The molecule has 0 saturated heterocycles. The van der Waals surface area contributed by atoms with Crippen LogP contribution in [0.1, 0.15) is 12.8 Å². The first-order valence-corrected chi connectivity index (χ1v) is 5.84. The number of guanidine groups is 1. The Labute approximate surface area is 78.4 Å². The van der Waals surface area contributed by atoms with Crippen LogP contribution in [0.2, 0.25) is 0 Å². The molecule has 0 unspecified atom stereocenters. The van der Waals surface area contributed by atoms with Gasteiger partial charge < -0.3 is 10.6 Å². The minimum atomic E-state index is 0.924. The van der Waals surface area contributed by atoms with Crippen LogP contribution in [0.4, 0.5) is 0 Å². The van der Waals surface area contributed by atoms with Crippen molar-refractivity contribution in [3.05, 3.63) is 0 Å². The van der Waals surface area contributed by atoms with Crippen LogP contribution in [0.25, 0.3) is 0 Å². The first-order chi connectivity index (χ1) is 5.93. The van der Waals surface area contributed by atoms with Crippen LogP contribution in [0.15, 0.2) is 4.99 Å². The Bertz CT molecular complexity index is 147. The molecule has 1 aliphatic heterocycles. The van der Waals surface area contributed by atoms with E-state index in [1.165, 1.54) is 18.6 Å². The van der Waals surface area contributed by atoms with Gasteiger partial charge in [-0.3, -0.25) is 4.99 Å². The summed E-state index contributed by atoms with van der Waals surface area (Å²) in [5.74, 6) is 2.25. The maximum absolute atomic E-state index is 4.24. The second kappa shape index (κ2) is 6.17. The zero-order valence-corrected chi connectivity index (χ0v) is 8.41. The van der Waals surface area contributed by atoms with Crippen LogP contribution in [0.3, 0.4) is 0 Å².